The van der Waals surface area contributed by atoms with Crippen molar-refractivity contribution < 1.29 is 8.94 Å². The van der Waals surface area contributed by atoms with Gasteiger partial charge in [-0.3, -0.25) is 0 Å². The van der Waals surface area contributed by atoms with Crippen LogP contribution in [-0.2, 0) is 11.4 Å². The van der Waals surface area contributed by atoms with Crippen LogP contribution in [-0.4, -0.2) is 15.5 Å². The summed E-state index contributed by atoms with van der Waals surface area (Å²) in [5.74, 6) is -0.476. The van der Waals surface area contributed by atoms with Crippen molar-refractivity contribution in [2.24, 2.45) is 4.40 Å². The molecule has 2 nitrogen and oxygen atoms in total. The van der Waals surface area contributed by atoms with Crippen molar-refractivity contribution in [1.82, 2.24) is 0 Å². The monoisotopic (exact) mass is 261 g/mol. The van der Waals surface area contributed by atoms with Crippen LogP contribution in [0.25, 0.3) is 0 Å². The maximum absolute atomic E-state index is 12.9. The van der Waals surface area contributed by atoms with E-state index in [0.717, 1.165) is 0 Å². The summed E-state index contributed by atoms with van der Waals surface area (Å²) in [7, 11) is 0. The summed E-state index contributed by atoms with van der Waals surface area (Å²) in [5, 5.41) is 0.0329. The van der Waals surface area contributed by atoms with Gasteiger partial charge in [-0.2, -0.15) is 0 Å². The Morgan fingerprint density at radius 3 is 2.56 bits per heavy atom. The minimum atomic E-state index is -1.32. The summed E-state index contributed by atoms with van der Waals surface area (Å²) in [4.78, 5) is 0. The van der Waals surface area contributed by atoms with Gasteiger partial charge in [-0.15, -0.1) is 0 Å². The highest BCUT2D eigenvalue weighted by atomic mass is 35.5. The molecule has 1 aromatic rings. The van der Waals surface area contributed by atoms with Crippen molar-refractivity contribution >= 4 is 29.2 Å². The third-order valence-electron chi connectivity index (χ3n) is 1.77. The Kier molecular flexibility index (Phi) is 4.35. The fourth-order valence-corrected chi connectivity index (χ4v) is 1.58. The molecule has 0 N–H and O–H groups in total. The average Bonchev–Trinajstić information content (AvgIpc) is 2.18. The summed E-state index contributed by atoms with van der Waals surface area (Å²) in [6, 6.07) is 4.23. The molecule has 0 heterocycles. The van der Waals surface area contributed by atoms with Gasteiger partial charge in [-0.05, 0) is 38.5 Å². The number of hydrogen-bond donors (Lipinski definition) is 0. The Morgan fingerprint density at radius 1 is 1.44 bits per heavy atom. The first-order chi connectivity index (χ1) is 7.30. The molecule has 0 aliphatic carbocycles. The van der Waals surface area contributed by atoms with Gasteiger partial charge in [0.25, 0.3) is 0 Å². The molecule has 0 spiro atoms. The fourth-order valence-electron chi connectivity index (χ4n) is 0.860. The molecule has 16 heavy (non-hydrogen) atoms. The third kappa shape index (κ3) is 3.77. The summed E-state index contributed by atoms with van der Waals surface area (Å²) in [5.41, 5.74) is 0.629. The van der Waals surface area contributed by atoms with Gasteiger partial charge >= 0.3 is 0 Å². The Labute approximate surface area is 103 Å². The van der Waals surface area contributed by atoms with Crippen LogP contribution in [0.2, 0.25) is 5.02 Å². The quantitative estimate of drug-likeness (QED) is 0.594. The molecule has 1 rings (SSSR count). The van der Waals surface area contributed by atoms with Gasteiger partial charge in [-0.25, -0.2) is 4.39 Å². The van der Waals surface area contributed by atoms with Crippen molar-refractivity contribution in [3.8, 4) is 0 Å². The normalized spacial score (nSPS) is 14.4. The van der Waals surface area contributed by atoms with Crippen LogP contribution in [0.1, 0.15) is 26.3 Å². The van der Waals surface area contributed by atoms with Crippen LogP contribution in [0.4, 0.5) is 4.39 Å². The van der Waals surface area contributed by atoms with E-state index in [-0.39, 0.29) is 5.02 Å². The molecule has 0 bridgehead atoms. The molecule has 1 aromatic carbocycles. The lowest BCUT2D eigenvalue weighted by Gasteiger charge is -2.17. The minimum absolute atomic E-state index is 0.0329. The van der Waals surface area contributed by atoms with Gasteiger partial charge in [0.15, 0.2) is 0 Å². The molecular weight excluding hydrogens is 249 g/mol. The highest BCUT2D eigenvalue weighted by Gasteiger charge is 2.25. The minimum Gasteiger partial charge on any atom is -0.591 e. The number of halogens is 2. The van der Waals surface area contributed by atoms with Gasteiger partial charge in [0.05, 0.1) is 11.2 Å². The van der Waals surface area contributed by atoms with Crippen molar-refractivity contribution in [3.63, 3.8) is 0 Å². The maximum atomic E-state index is 12.9. The zero-order valence-corrected chi connectivity index (χ0v) is 10.9. The third-order valence-corrected chi connectivity index (χ3v) is 3.40. The van der Waals surface area contributed by atoms with E-state index in [0.29, 0.717) is 5.56 Å². The predicted molar refractivity (Wildman–Crippen MR) is 66.9 cm³/mol. The van der Waals surface area contributed by atoms with Crippen molar-refractivity contribution in [2.45, 2.75) is 25.5 Å². The lowest BCUT2D eigenvalue weighted by molar-refractivity contribution is 0.562. The number of rotatable bonds is 2. The van der Waals surface area contributed by atoms with E-state index in [1.807, 2.05) is 20.8 Å². The predicted octanol–water partition coefficient (Wildman–Crippen LogP) is 3.36. The second-order valence-corrected chi connectivity index (χ2v) is 6.61. The van der Waals surface area contributed by atoms with Crippen LogP contribution in [0.3, 0.4) is 0 Å². The molecule has 0 saturated heterocycles. The molecule has 0 unspecified atom stereocenters. The lowest BCUT2D eigenvalue weighted by Crippen LogP contribution is -2.25. The molecule has 0 amide bonds. The number of benzene rings is 1. The smallest absolute Gasteiger partial charge is 0.144 e. The first kappa shape index (κ1) is 13.5. The second-order valence-electron chi connectivity index (χ2n) is 4.27. The van der Waals surface area contributed by atoms with Crippen LogP contribution in [0.15, 0.2) is 22.6 Å². The molecule has 0 radical (unpaired) electrons. The van der Waals surface area contributed by atoms with E-state index in [4.69, 9.17) is 11.6 Å². The standard InChI is InChI=1S/C11H13ClFNOS/c1-11(2,3)16(15)14-7-8-4-5-10(13)9(12)6-8/h4-7H,1-3H3/b14-7+/t16-/m1/s1. The van der Waals surface area contributed by atoms with Crippen LogP contribution < -0.4 is 0 Å². The Balaban J connectivity index is 2.81. The topological polar surface area (TPSA) is 35.4 Å². The largest absolute Gasteiger partial charge is 0.591 e. The zero-order chi connectivity index (χ0) is 12.3. The van der Waals surface area contributed by atoms with E-state index in [1.54, 1.807) is 0 Å². The van der Waals surface area contributed by atoms with Crippen LogP contribution in [0, 0.1) is 5.82 Å². The van der Waals surface area contributed by atoms with Crippen molar-refractivity contribution in [3.05, 3.63) is 34.6 Å². The Hall–Kier alpha value is -0.580. The molecule has 0 fully saturated rings. The Morgan fingerprint density at radius 2 is 2.06 bits per heavy atom. The van der Waals surface area contributed by atoms with Crippen LogP contribution >= 0.6 is 11.6 Å². The van der Waals surface area contributed by atoms with E-state index >= 15 is 0 Å². The van der Waals surface area contributed by atoms with Gasteiger partial charge in [0.1, 0.15) is 21.9 Å². The highest BCUT2D eigenvalue weighted by Crippen LogP contribution is 2.18. The summed E-state index contributed by atoms with van der Waals surface area (Å²) < 4.78 is 27.9. The van der Waals surface area contributed by atoms with Gasteiger partial charge < -0.3 is 4.55 Å². The average molecular weight is 262 g/mol. The molecule has 0 aliphatic heterocycles. The van der Waals surface area contributed by atoms with E-state index in [2.05, 4.69) is 4.40 Å². The summed E-state index contributed by atoms with van der Waals surface area (Å²) >= 11 is 4.29. The van der Waals surface area contributed by atoms with Gasteiger partial charge in [0.2, 0.25) is 0 Å². The summed E-state index contributed by atoms with van der Waals surface area (Å²) in [6.07, 6.45) is 1.44. The molecule has 0 saturated carbocycles. The molecule has 1 atom stereocenters. The zero-order valence-electron chi connectivity index (χ0n) is 9.33. The van der Waals surface area contributed by atoms with Gasteiger partial charge in [-0.1, -0.05) is 22.1 Å². The number of hydrogen-bond acceptors (Lipinski definition) is 2. The molecule has 5 heteroatoms. The van der Waals surface area contributed by atoms with E-state index in [9.17, 15) is 8.94 Å². The SMILES string of the molecule is CC(C)(C)[S@@+]([O-])/N=C/c1ccc(F)c(Cl)c1. The first-order valence-corrected chi connectivity index (χ1v) is 6.20. The van der Waals surface area contributed by atoms with E-state index < -0.39 is 21.9 Å². The van der Waals surface area contributed by atoms with E-state index in [1.165, 1.54) is 24.4 Å². The highest BCUT2D eigenvalue weighted by molar-refractivity contribution is 7.91. The second kappa shape index (κ2) is 5.17. The van der Waals surface area contributed by atoms with Gasteiger partial charge in [0, 0.05) is 0 Å². The van der Waals surface area contributed by atoms with Crippen molar-refractivity contribution in [1.29, 1.82) is 0 Å². The Bertz CT molecular complexity index is 403. The molecule has 0 aliphatic rings. The molecule has 0 aromatic heterocycles. The lowest BCUT2D eigenvalue weighted by atomic mass is 10.2. The van der Waals surface area contributed by atoms with Crippen LogP contribution in [0.5, 0.6) is 0 Å². The first-order valence-electron chi connectivity index (χ1n) is 4.72. The number of nitrogens with zero attached hydrogens (tertiary/aromatic N) is 1. The molecule has 88 valence electrons. The molecular formula is C11H13ClFNOS. The van der Waals surface area contributed by atoms with Crippen molar-refractivity contribution in [2.75, 3.05) is 0 Å². The fraction of sp³-hybridized carbons (Fsp3) is 0.364. The summed E-state index contributed by atoms with van der Waals surface area (Å²) in [6.45, 7) is 5.49. The maximum Gasteiger partial charge on any atom is 0.144 e.